The van der Waals surface area contributed by atoms with E-state index >= 15 is 0 Å². The largest absolute Gasteiger partial charge is 0.448 e. The Labute approximate surface area is 59.6 Å². The van der Waals surface area contributed by atoms with Gasteiger partial charge in [-0.25, -0.2) is 4.79 Å². The van der Waals surface area contributed by atoms with Gasteiger partial charge in [0.15, 0.2) is 0 Å². The molecule has 0 saturated carbocycles. The molecule has 9 heavy (non-hydrogen) atoms. The number of hydrogen-bond acceptors (Lipinski definition) is 2. The first kappa shape index (κ1) is 11.8. The summed E-state index contributed by atoms with van der Waals surface area (Å²) in [6.45, 7) is 5.03. The third kappa shape index (κ3) is 11.5. The van der Waals surface area contributed by atoms with E-state index in [1.165, 1.54) is 0 Å². The average Bonchev–Trinajstić information content (AvgIpc) is 1.93. The first-order chi connectivity index (χ1) is 4.31. The molecule has 0 aromatic heterocycles. The number of hydrogen-bond donors (Lipinski definition) is 0. The van der Waals surface area contributed by atoms with Gasteiger partial charge in [-0.05, 0) is 13.6 Å². The quantitative estimate of drug-likeness (QED) is 0.438. The molecule has 0 saturated heterocycles. The zero-order valence-corrected chi connectivity index (χ0v) is 7.64. The summed E-state index contributed by atoms with van der Waals surface area (Å²) in [7, 11) is 4.67. The molecule has 1 amide bonds. The highest BCUT2D eigenvalue weighted by Gasteiger charge is 1.88. The lowest BCUT2D eigenvalue weighted by atomic mass is 10.9. The molecule has 0 aromatic carbocycles. The Bertz CT molecular complexity index is 86.6. The van der Waals surface area contributed by atoms with Gasteiger partial charge in [-0.1, -0.05) is 0 Å². The first-order valence-corrected chi connectivity index (χ1v) is 4.94. The predicted molar refractivity (Wildman–Crippen MR) is 46.0 cm³/mol. The molecular weight excluding hydrogens is 156 g/mol. The molecule has 0 radical (unpaired) electrons. The van der Waals surface area contributed by atoms with Crippen molar-refractivity contribution in [2.24, 2.45) is 4.99 Å². The summed E-state index contributed by atoms with van der Waals surface area (Å²) < 4.78 is 4.32. The van der Waals surface area contributed by atoms with Gasteiger partial charge in [-0.2, -0.15) is 4.99 Å². The molecule has 0 N–H and O–H groups in total. The zero-order chi connectivity index (χ0) is 7.70. The molecule has 2 unspecified atom stereocenters. The Morgan fingerprint density at radius 2 is 2.22 bits per heavy atom. The minimum absolute atomic E-state index is 0.359. The van der Waals surface area contributed by atoms with Crippen LogP contribution in [-0.2, 0) is 4.74 Å². The van der Waals surface area contributed by atoms with E-state index in [4.69, 9.17) is 0 Å². The van der Waals surface area contributed by atoms with E-state index in [0.29, 0.717) is 6.61 Å². The monoisotopic (exact) mass is 167 g/mol. The summed E-state index contributed by atoms with van der Waals surface area (Å²) >= 11 is 0. The highest BCUT2D eigenvalue weighted by Crippen LogP contribution is 1.86. The van der Waals surface area contributed by atoms with Crippen molar-refractivity contribution in [3.8, 4) is 0 Å². The molecule has 0 spiro atoms. The fourth-order valence-electron chi connectivity index (χ4n) is 0.169. The number of nitrogens with zero attached hydrogens (tertiary/aromatic N) is 1. The number of carbonyl (C=O) groups excluding carboxylic acids is 1. The normalized spacial score (nSPS) is 6.56. The molecule has 0 bridgehead atoms. The van der Waals surface area contributed by atoms with Crippen LogP contribution < -0.4 is 0 Å². The van der Waals surface area contributed by atoms with Crippen LogP contribution in [0.3, 0.4) is 0 Å². The van der Waals surface area contributed by atoms with Gasteiger partial charge in [0, 0.05) is 0 Å². The molecule has 0 aliphatic heterocycles. The van der Waals surface area contributed by atoms with Gasteiger partial charge in [-0.15, -0.1) is 17.9 Å². The lowest BCUT2D eigenvalue weighted by Gasteiger charge is -1.89. The third-order valence-corrected chi connectivity index (χ3v) is 0.397. The Morgan fingerprint density at radius 1 is 1.78 bits per heavy atom. The van der Waals surface area contributed by atoms with E-state index in [1.807, 2.05) is 0 Å². The number of amides is 1. The van der Waals surface area contributed by atoms with Crippen LogP contribution >= 0.6 is 17.9 Å². The Hall–Kier alpha value is -0.000000000000000111. The van der Waals surface area contributed by atoms with E-state index in [1.54, 1.807) is 6.92 Å². The average molecular weight is 167 g/mol. The van der Waals surface area contributed by atoms with Gasteiger partial charge in [0.25, 0.3) is 0 Å². The second-order valence-corrected chi connectivity index (χ2v) is 0.857. The van der Waals surface area contributed by atoms with Crippen LogP contribution in [0.15, 0.2) is 4.99 Å². The molecule has 0 fully saturated rings. The van der Waals surface area contributed by atoms with Crippen molar-refractivity contribution >= 4 is 30.7 Å². The predicted octanol–water partition coefficient (Wildman–Crippen LogP) is 1.50. The number of rotatable bonds is 1. The number of aliphatic imine (C=N–C) groups is 1. The van der Waals surface area contributed by atoms with Crippen LogP contribution in [0, 0.1) is 0 Å². The highest BCUT2D eigenvalue weighted by atomic mass is 32.0. The lowest BCUT2D eigenvalue weighted by Crippen LogP contribution is -1.95. The van der Waals surface area contributed by atoms with E-state index in [0.717, 1.165) is 0 Å². The van der Waals surface area contributed by atoms with Gasteiger partial charge in [-0.3, -0.25) is 0 Å². The van der Waals surface area contributed by atoms with Gasteiger partial charge in [0.05, 0.1) is 6.61 Å². The van der Waals surface area contributed by atoms with E-state index in [2.05, 4.69) is 34.3 Å². The molecule has 54 valence electrons. The van der Waals surface area contributed by atoms with Crippen molar-refractivity contribution in [1.29, 1.82) is 0 Å². The first-order valence-electron chi connectivity index (χ1n) is 2.28. The second kappa shape index (κ2) is 10.9. The summed E-state index contributed by atoms with van der Waals surface area (Å²) in [5.74, 6) is 0. The Kier molecular flexibility index (Phi) is 14.2. The number of carbonyl (C=O) groups is 1. The van der Waals surface area contributed by atoms with E-state index in [-0.39, 0.29) is 0 Å². The van der Waals surface area contributed by atoms with Crippen molar-refractivity contribution in [2.45, 2.75) is 6.92 Å². The van der Waals surface area contributed by atoms with Crippen molar-refractivity contribution in [3.05, 3.63) is 0 Å². The fraction of sp³-hybridized carbons (Fsp3) is 0.500. The van der Waals surface area contributed by atoms with Crippen molar-refractivity contribution in [1.82, 2.24) is 0 Å². The molecule has 2 atom stereocenters. The number of ether oxygens (including phenoxy) is 1. The fourth-order valence-corrected chi connectivity index (χ4v) is 0.169. The molecule has 0 aromatic rings. The summed E-state index contributed by atoms with van der Waals surface area (Å²) in [6.07, 6.45) is -0.609. The minimum atomic E-state index is -0.609. The molecule has 0 aliphatic rings. The second-order valence-electron chi connectivity index (χ2n) is 0.857. The minimum Gasteiger partial charge on any atom is -0.448 e. The lowest BCUT2D eigenvalue weighted by molar-refractivity contribution is 0.164. The van der Waals surface area contributed by atoms with Gasteiger partial charge < -0.3 is 4.74 Å². The van der Waals surface area contributed by atoms with Crippen molar-refractivity contribution in [2.75, 3.05) is 6.61 Å². The standard InChI is InChI=1S/C4H7NO2.H4P2/c1-3-7-4(6)5-2;1-2/h2-3H2,1H3;1-2H2. The van der Waals surface area contributed by atoms with E-state index < -0.39 is 6.09 Å². The molecular formula is C4H11NO2P2. The smallest absolute Gasteiger partial charge is 0.432 e. The molecule has 0 rings (SSSR count). The van der Waals surface area contributed by atoms with Gasteiger partial charge in [0.1, 0.15) is 0 Å². The third-order valence-electron chi connectivity index (χ3n) is 0.397. The van der Waals surface area contributed by atoms with Crippen LogP contribution in [0.5, 0.6) is 0 Å². The maximum absolute atomic E-state index is 9.96. The van der Waals surface area contributed by atoms with Gasteiger partial charge >= 0.3 is 6.09 Å². The summed E-state index contributed by atoms with van der Waals surface area (Å²) in [5, 5.41) is 0. The van der Waals surface area contributed by atoms with Crippen molar-refractivity contribution < 1.29 is 9.53 Å². The van der Waals surface area contributed by atoms with Crippen LogP contribution in [-0.4, -0.2) is 19.4 Å². The molecule has 3 nitrogen and oxygen atoms in total. The Balaban J connectivity index is 0. The summed E-state index contributed by atoms with van der Waals surface area (Å²) in [6, 6.07) is 0. The maximum Gasteiger partial charge on any atom is 0.432 e. The topological polar surface area (TPSA) is 38.7 Å². The van der Waals surface area contributed by atoms with Gasteiger partial charge in [0.2, 0.25) is 0 Å². The maximum atomic E-state index is 9.96. The highest BCUT2D eigenvalue weighted by molar-refractivity contribution is 7.92. The van der Waals surface area contributed by atoms with Crippen LogP contribution in [0.4, 0.5) is 4.79 Å². The SMILES string of the molecule is C=NC(=O)OCC.PP. The zero-order valence-electron chi connectivity index (χ0n) is 5.33. The van der Waals surface area contributed by atoms with Crippen molar-refractivity contribution in [3.63, 3.8) is 0 Å². The van der Waals surface area contributed by atoms with Crippen LogP contribution in [0.1, 0.15) is 6.92 Å². The van der Waals surface area contributed by atoms with Crippen LogP contribution in [0.2, 0.25) is 0 Å². The molecule has 0 aliphatic carbocycles. The van der Waals surface area contributed by atoms with E-state index in [9.17, 15) is 4.79 Å². The molecule has 0 heterocycles. The summed E-state index contributed by atoms with van der Waals surface area (Å²) in [5.41, 5.74) is 0. The van der Waals surface area contributed by atoms with Crippen LogP contribution in [0.25, 0.3) is 0 Å². The summed E-state index contributed by atoms with van der Waals surface area (Å²) in [4.78, 5) is 12.9. The Morgan fingerprint density at radius 3 is 2.33 bits per heavy atom. The molecule has 5 heteroatoms.